The van der Waals surface area contributed by atoms with Crippen LogP contribution in [0.4, 0.5) is 18.9 Å². The van der Waals surface area contributed by atoms with Crippen molar-refractivity contribution in [2.24, 2.45) is 0 Å². The van der Waals surface area contributed by atoms with Gasteiger partial charge in [0.1, 0.15) is 0 Å². The maximum Gasteiger partial charge on any atom is 0.416 e. The number of rotatable bonds is 5. The lowest BCUT2D eigenvalue weighted by Crippen LogP contribution is -2.31. The lowest BCUT2D eigenvalue weighted by atomic mass is 9.99. The predicted molar refractivity (Wildman–Crippen MR) is 75.2 cm³/mol. The molecule has 0 aliphatic carbocycles. The van der Waals surface area contributed by atoms with Gasteiger partial charge in [-0.1, -0.05) is 11.6 Å². The van der Waals surface area contributed by atoms with Crippen molar-refractivity contribution >= 4 is 17.3 Å². The van der Waals surface area contributed by atoms with Crippen LogP contribution in [0.3, 0.4) is 0 Å². The van der Waals surface area contributed by atoms with E-state index in [9.17, 15) is 13.2 Å². The van der Waals surface area contributed by atoms with Crippen LogP contribution in [-0.4, -0.2) is 18.8 Å². The van der Waals surface area contributed by atoms with Crippen molar-refractivity contribution in [3.63, 3.8) is 0 Å². The summed E-state index contributed by atoms with van der Waals surface area (Å²) in [5.41, 5.74) is -0.581. The average Bonchev–Trinajstić information content (AvgIpc) is 2.29. The fourth-order valence-corrected chi connectivity index (χ4v) is 2.18. The largest absolute Gasteiger partial charge is 0.416 e. The summed E-state index contributed by atoms with van der Waals surface area (Å²) in [5.74, 6) is 0. The molecular weight excluding hydrogens is 291 g/mol. The van der Waals surface area contributed by atoms with Crippen LogP contribution in [0.5, 0.6) is 0 Å². The minimum Gasteiger partial charge on any atom is -0.381 e. The van der Waals surface area contributed by atoms with Gasteiger partial charge in [-0.3, -0.25) is 0 Å². The van der Waals surface area contributed by atoms with Gasteiger partial charge in [0.2, 0.25) is 0 Å². The van der Waals surface area contributed by atoms with E-state index in [0.29, 0.717) is 12.1 Å². The first-order valence-electron chi connectivity index (χ1n) is 6.23. The van der Waals surface area contributed by atoms with Gasteiger partial charge in [0.25, 0.3) is 0 Å². The van der Waals surface area contributed by atoms with Crippen LogP contribution in [0.2, 0.25) is 5.02 Å². The fraction of sp³-hybridized carbons (Fsp3) is 0.571. The first-order valence-corrected chi connectivity index (χ1v) is 6.61. The molecule has 1 aromatic rings. The second-order valence-electron chi connectivity index (χ2n) is 5.41. The molecule has 0 heterocycles. The second-order valence-corrected chi connectivity index (χ2v) is 5.81. The van der Waals surface area contributed by atoms with E-state index in [1.807, 2.05) is 20.8 Å². The Kier molecular flexibility index (Phi) is 5.33. The maximum absolute atomic E-state index is 12.5. The Morgan fingerprint density at radius 1 is 1.30 bits per heavy atom. The second kappa shape index (κ2) is 6.22. The van der Waals surface area contributed by atoms with E-state index in [4.69, 9.17) is 16.3 Å². The molecule has 0 amide bonds. The smallest absolute Gasteiger partial charge is 0.381 e. The van der Waals surface area contributed by atoms with E-state index in [2.05, 4.69) is 5.32 Å². The molecule has 6 heteroatoms. The molecule has 0 aliphatic rings. The van der Waals surface area contributed by atoms with Crippen molar-refractivity contribution in [1.82, 2.24) is 0 Å². The molecule has 2 nitrogen and oxygen atoms in total. The van der Waals surface area contributed by atoms with Crippen molar-refractivity contribution < 1.29 is 17.9 Å². The molecule has 1 aromatic carbocycles. The summed E-state index contributed by atoms with van der Waals surface area (Å²) in [4.78, 5) is 0. The summed E-state index contributed by atoms with van der Waals surface area (Å²) in [6.45, 7) is 5.81. The topological polar surface area (TPSA) is 21.3 Å². The normalized spacial score (nSPS) is 14.2. The first-order chi connectivity index (χ1) is 9.05. The molecule has 114 valence electrons. The zero-order valence-corrected chi connectivity index (χ0v) is 12.7. The average molecular weight is 310 g/mol. The van der Waals surface area contributed by atoms with Crippen molar-refractivity contribution in [2.45, 2.75) is 45.0 Å². The molecule has 0 radical (unpaired) electrons. The molecule has 1 rings (SSSR count). The summed E-state index contributed by atoms with van der Waals surface area (Å²) >= 11 is 5.89. The van der Waals surface area contributed by atoms with E-state index < -0.39 is 11.7 Å². The van der Waals surface area contributed by atoms with Crippen LogP contribution in [0.15, 0.2) is 18.2 Å². The third-order valence-electron chi connectivity index (χ3n) is 3.05. The van der Waals surface area contributed by atoms with Gasteiger partial charge in [-0.05, 0) is 45.4 Å². The fourth-order valence-electron chi connectivity index (χ4n) is 1.95. The van der Waals surface area contributed by atoms with Crippen molar-refractivity contribution in [1.29, 1.82) is 0 Å². The van der Waals surface area contributed by atoms with Gasteiger partial charge in [-0.2, -0.15) is 13.2 Å². The van der Waals surface area contributed by atoms with Crippen LogP contribution in [0, 0.1) is 0 Å². The Morgan fingerprint density at radius 2 is 1.90 bits per heavy atom. The number of alkyl halides is 3. The van der Waals surface area contributed by atoms with Gasteiger partial charge in [-0.25, -0.2) is 0 Å². The van der Waals surface area contributed by atoms with Gasteiger partial charge in [0.05, 0.1) is 21.9 Å². The monoisotopic (exact) mass is 309 g/mol. The third-order valence-corrected chi connectivity index (χ3v) is 3.36. The quantitative estimate of drug-likeness (QED) is 0.828. The molecule has 0 bridgehead atoms. The van der Waals surface area contributed by atoms with Gasteiger partial charge < -0.3 is 10.1 Å². The van der Waals surface area contributed by atoms with Crippen LogP contribution in [-0.2, 0) is 10.9 Å². The van der Waals surface area contributed by atoms with Gasteiger partial charge in [0.15, 0.2) is 0 Å². The zero-order chi connectivity index (χ0) is 15.6. The van der Waals surface area contributed by atoms with E-state index >= 15 is 0 Å². The summed E-state index contributed by atoms with van der Waals surface area (Å²) in [5, 5.41) is 3.16. The van der Waals surface area contributed by atoms with E-state index in [1.54, 1.807) is 7.11 Å². The van der Waals surface area contributed by atoms with Crippen LogP contribution < -0.4 is 5.32 Å². The number of ether oxygens (including phenoxy) is 1. The number of methoxy groups -OCH3 is 1. The highest BCUT2D eigenvalue weighted by Gasteiger charge is 2.31. The molecule has 0 saturated heterocycles. The number of hydrogen-bond donors (Lipinski definition) is 1. The Morgan fingerprint density at radius 3 is 2.35 bits per heavy atom. The molecule has 0 aliphatic heterocycles. The number of halogens is 4. The Bertz CT molecular complexity index is 460. The summed E-state index contributed by atoms with van der Waals surface area (Å²) in [7, 11) is 1.62. The van der Waals surface area contributed by atoms with Gasteiger partial charge in [0, 0.05) is 13.2 Å². The minimum absolute atomic E-state index is 0.0131. The molecular formula is C14H19ClF3NO. The Hall–Kier alpha value is -0.940. The van der Waals surface area contributed by atoms with Crippen LogP contribution in [0.25, 0.3) is 0 Å². The lowest BCUT2D eigenvalue weighted by Gasteiger charge is -2.28. The SMILES string of the molecule is COC(C)(C)CC(C)Nc1ccc(C(F)(F)F)cc1Cl. The molecule has 1 unspecified atom stereocenters. The standard InChI is InChI=1S/C14H19ClF3NO/c1-9(8-13(2,3)20-4)19-12-6-5-10(7-11(12)15)14(16,17)18/h5-7,9,19H,8H2,1-4H3. The summed E-state index contributed by atoms with van der Waals surface area (Å²) < 4.78 is 42.9. The highest BCUT2D eigenvalue weighted by atomic mass is 35.5. The highest BCUT2D eigenvalue weighted by Crippen LogP contribution is 2.34. The Labute approximate surface area is 122 Å². The van der Waals surface area contributed by atoms with Crippen molar-refractivity contribution in [3.05, 3.63) is 28.8 Å². The molecule has 1 N–H and O–H groups in total. The number of nitrogens with one attached hydrogen (secondary N) is 1. The number of hydrogen-bond acceptors (Lipinski definition) is 2. The summed E-state index contributed by atoms with van der Waals surface area (Å²) in [6.07, 6.45) is -3.69. The molecule has 0 aromatic heterocycles. The maximum atomic E-state index is 12.5. The first kappa shape index (κ1) is 17.1. The molecule has 1 atom stereocenters. The number of benzene rings is 1. The highest BCUT2D eigenvalue weighted by molar-refractivity contribution is 6.33. The zero-order valence-electron chi connectivity index (χ0n) is 11.9. The van der Waals surface area contributed by atoms with Gasteiger partial charge in [-0.15, -0.1) is 0 Å². The predicted octanol–water partition coefficient (Wildman–Crippen LogP) is 4.97. The van der Waals surface area contributed by atoms with E-state index in [-0.39, 0.29) is 16.7 Å². The molecule has 0 spiro atoms. The number of anilines is 1. The van der Waals surface area contributed by atoms with Crippen molar-refractivity contribution in [2.75, 3.05) is 12.4 Å². The lowest BCUT2D eigenvalue weighted by molar-refractivity contribution is -0.137. The van der Waals surface area contributed by atoms with E-state index in [1.165, 1.54) is 6.07 Å². The van der Waals surface area contributed by atoms with Crippen molar-refractivity contribution in [3.8, 4) is 0 Å². The van der Waals surface area contributed by atoms with Crippen LogP contribution in [0.1, 0.15) is 32.8 Å². The Balaban J connectivity index is 2.79. The van der Waals surface area contributed by atoms with E-state index in [0.717, 1.165) is 12.1 Å². The van der Waals surface area contributed by atoms with Gasteiger partial charge >= 0.3 is 6.18 Å². The third kappa shape index (κ3) is 4.87. The molecule has 0 fully saturated rings. The molecule has 20 heavy (non-hydrogen) atoms. The minimum atomic E-state index is -4.38. The van der Waals surface area contributed by atoms with Crippen LogP contribution >= 0.6 is 11.6 Å². The summed E-state index contributed by atoms with van der Waals surface area (Å²) in [6, 6.07) is 3.31. The molecule has 0 saturated carbocycles.